The number of ketones is 1. The largest absolute Gasteiger partial charge is 0.379 e. The van der Waals surface area contributed by atoms with Crippen molar-refractivity contribution in [1.29, 1.82) is 0 Å². The maximum Gasteiger partial charge on any atom is 0.160 e. The van der Waals surface area contributed by atoms with Crippen LogP contribution in [0.25, 0.3) is 0 Å². The Morgan fingerprint density at radius 2 is 1.67 bits per heavy atom. The molecule has 0 radical (unpaired) electrons. The molecule has 0 saturated heterocycles. The minimum Gasteiger partial charge on any atom is -0.379 e. The Kier molecular flexibility index (Phi) is 8.62. The molecule has 0 fully saturated rings. The quantitative estimate of drug-likeness (QED) is 0.555. The van der Waals surface area contributed by atoms with E-state index < -0.39 is 0 Å². The third kappa shape index (κ3) is 9.88. The van der Waals surface area contributed by atoms with Crippen molar-refractivity contribution in [3.63, 3.8) is 0 Å². The van der Waals surface area contributed by atoms with E-state index in [2.05, 4.69) is 0 Å². The van der Waals surface area contributed by atoms with Crippen LogP contribution in [0.5, 0.6) is 0 Å². The first-order valence-corrected chi connectivity index (χ1v) is 5.76. The summed E-state index contributed by atoms with van der Waals surface area (Å²) in [4.78, 5) is 11.2. The molecule has 0 heterocycles. The van der Waals surface area contributed by atoms with Crippen molar-refractivity contribution in [2.45, 2.75) is 46.6 Å². The molecule has 0 bridgehead atoms. The predicted molar refractivity (Wildman–Crippen MR) is 61.0 cm³/mol. The second-order valence-corrected chi connectivity index (χ2v) is 4.30. The highest BCUT2D eigenvalue weighted by molar-refractivity contribution is 5.81. The van der Waals surface area contributed by atoms with Crippen molar-refractivity contribution >= 4 is 5.78 Å². The van der Waals surface area contributed by atoms with Crippen LogP contribution in [0.2, 0.25) is 0 Å². The lowest BCUT2D eigenvalue weighted by Crippen LogP contribution is -2.15. The summed E-state index contributed by atoms with van der Waals surface area (Å²) in [7, 11) is 0. The summed E-state index contributed by atoms with van der Waals surface area (Å²) in [5.74, 6) is 0.253. The maximum atomic E-state index is 11.2. The van der Waals surface area contributed by atoms with E-state index in [0.29, 0.717) is 12.7 Å². The Labute approximate surface area is 93.1 Å². The Bertz CT molecular complexity index is 164. The SMILES string of the molecule is CC(C)OCCCCOCC(=O)C(C)C. The molecule has 0 atom stereocenters. The molecule has 90 valence electrons. The van der Waals surface area contributed by atoms with Crippen molar-refractivity contribution in [3.05, 3.63) is 0 Å². The molecular weight excluding hydrogens is 192 g/mol. The summed E-state index contributed by atoms with van der Waals surface area (Å²) in [6, 6.07) is 0. The minimum atomic E-state index is 0.0780. The van der Waals surface area contributed by atoms with Gasteiger partial charge < -0.3 is 9.47 Å². The lowest BCUT2D eigenvalue weighted by atomic mass is 10.1. The summed E-state index contributed by atoms with van der Waals surface area (Å²) in [6.45, 7) is 9.52. The summed E-state index contributed by atoms with van der Waals surface area (Å²) in [5, 5.41) is 0. The number of ether oxygens (including phenoxy) is 2. The second kappa shape index (κ2) is 8.86. The van der Waals surface area contributed by atoms with Crippen molar-refractivity contribution in [3.8, 4) is 0 Å². The minimum absolute atomic E-state index is 0.0780. The zero-order valence-corrected chi connectivity index (χ0v) is 10.4. The summed E-state index contributed by atoms with van der Waals surface area (Å²) in [5.41, 5.74) is 0. The lowest BCUT2D eigenvalue weighted by molar-refractivity contribution is -0.126. The topological polar surface area (TPSA) is 35.5 Å². The van der Waals surface area contributed by atoms with Crippen LogP contribution in [-0.2, 0) is 14.3 Å². The molecule has 0 aromatic carbocycles. The molecule has 0 N–H and O–H groups in total. The van der Waals surface area contributed by atoms with E-state index in [0.717, 1.165) is 19.4 Å². The van der Waals surface area contributed by atoms with Gasteiger partial charge in [0.15, 0.2) is 5.78 Å². The highest BCUT2D eigenvalue weighted by atomic mass is 16.5. The summed E-state index contributed by atoms with van der Waals surface area (Å²) < 4.78 is 10.6. The van der Waals surface area contributed by atoms with Gasteiger partial charge in [-0.3, -0.25) is 4.79 Å². The van der Waals surface area contributed by atoms with Crippen molar-refractivity contribution in [2.75, 3.05) is 19.8 Å². The van der Waals surface area contributed by atoms with Crippen LogP contribution in [0, 0.1) is 5.92 Å². The number of carbonyl (C=O) groups excluding carboxylic acids is 1. The van der Waals surface area contributed by atoms with Crippen molar-refractivity contribution < 1.29 is 14.3 Å². The molecule has 0 aromatic heterocycles. The van der Waals surface area contributed by atoms with Gasteiger partial charge in [0.25, 0.3) is 0 Å². The van der Waals surface area contributed by atoms with Crippen molar-refractivity contribution in [2.24, 2.45) is 5.92 Å². The normalized spacial score (nSPS) is 11.3. The molecule has 0 aromatic rings. The molecule has 0 rings (SSSR count). The summed E-state index contributed by atoms with van der Waals surface area (Å²) in [6.07, 6.45) is 2.25. The first-order valence-electron chi connectivity index (χ1n) is 5.76. The number of unbranched alkanes of at least 4 members (excludes halogenated alkanes) is 1. The van der Waals surface area contributed by atoms with E-state index in [4.69, 9.17) is 9.47 Å². The number of carbonyl (C=O) groups is 1. The van der Waals surface area contributed by atoms with Gasteiger partial charge in [-0.1, -0.05) is 13.8 Å². The Morgan fingerprint density at radius 3 is 2.20 bits per heavy atom. The van der Waals surface area contributed by atoms with Crippen LogP contribution in [0.1, 0.15) is 40.5 Å². The standard InChI is InChI=1S/C12H24O3/c1-10(2)12(13)9-14-7-5-6-8-15-11(3)4/h10-11H,5-9H2,1-4H3. The van der Waals surface area contributed by atoms with Crippen LogP contribution >= 0.6 is 0 Å². The van der Waals surface area contributed by atoms with Gasteiger partial charge in [0.2, 0.25) is 0 Å². The van der Waals surface area contributed by atoms with Crippen molar-refractivity contribution in [1.82, 2.24) is 0 Å². The molecule has 0 spiro atoms. The van der Waals surface area contributed by atoms with Gasteiger partial charge >= 0.3 is 0 Å². The monoisotopic (exact) mass is 216 g/mol. The third-order valence-corrected chi connectivity index (χ3v) is 2.02. The van der Waals surface area contributed by atoms with Gasteiger partial charge in [-0.25, -0.2) is 0 Å². The van der Waals surface area contributed by atoms with Crippen LogP contribution in [-0.4, -0.2) is 31.7 Å². The maximum absolute atomic E-state index is 11.2. The Hall–Kier alpha value is -0.410. The fraction of sp³-hybridized carbons (Fsp3) is 0.917. The predicted octanol–water partition coefficient (Wildman–Crippen LogP) is 2.43. The van der Waals surface area contributed by atoms with Gasteiger partial charge in [0.1, 0.15) is 6.61 Å². The molecule has 0 aliphatic rings. The fourth-order valence-corrected chi connectivity index (χ4v) is 0.965. The zero-order valence-electron chi connectivity index (χ0n) is 10.4. The van der Waals surface area contributed by atoms with E-state index >= 15 is 0 Å². The van der Waals surface area contributed by atoms with Crippen LogP contribution in [0.15, 0.2) is 0 Å². The zero-order chi connectivity index (χ0) is 11.7. The second-order valence-electron chi connectivity index (χ2n) is 4.30. The van der Waals surface area contributed by atoms with Crippen LogP contribution in [0.3, 0.4) is 0 Å². The van der Waals surface area contributed by atoms with E-state index in [9.17, 15) is 4.79 Å². The number of hydrogen-bond acceptors (Lipinski definition) is 3. The molecule has 0 amide bonds. The Balaban J connectivity index is 3.15. The fourth-order valence-electron chi connectivity index (χ4n) is 0.965. The molecule has 3 nitrogen and oxygen atoms in total. The summed E-state index contributed by atoms with van der Waals surface area (Å²) >= 11 is 0. The number of rotatable bonds is 9. The number of hydrogen-bond donors (Lipinski definition) is 0. The van der Waals surface area contributed by atoms with Gasteiger partial charge in [-0.05, 0) is 26.7 Å². The van der Waals surface area contributed by atoms with Crippen LogP contribution < -0.4 is 0 Å². The molecule has 0 aliphatic heterocycles. The number of Topliss-reactive ketones (excluding diaryl/α,β-unsaturated/α-hetero) is 1. The molecule has 0 unspecified atom stereocenters. The van der Waals surface area contributed by atoms with Gasteiger partial charge in [0, 0.05) is 19.1 Å². The van der Waals surface area contributed by atoms with E-state index in [1.807, 2.05) is 27.7 Å². The van der Waals surface area contributed by atoms with Gasteiger partial charge in [-0.15, -0.1) is 0 Å². The highest BCUT2D eigenvalue weighted by Crippen LogP contribution is 1.97. The molecule has 15 heavy (non-hydrogen) atoms. The first kappa shape index (κ1) is 14.6. The average molecular weight is 216 g/mol. The molecular formula is C12H24O3. The molecule has 0 aliphatic carbocycles. The Morgan fingerprint density at radius 1 is 1.07 bits per heavy atom. The average Bonchev–Trinajstić information content (AvgIpc) is 2.15. The highest BCUT2D eigenvalue weighted by Gasteiger charge is 2.06. The van der Waals surface area contributed by atoms with E-state index in [1.165, 1.54) is 0 Å². The van der Waals surface area contributed by atoms with Crippen LogP contribution in [0.4, 0.5) is 0 Å². The lowest BCUT2D eigenvalue weighted by Gasteiger charge is -2.08. The molecule has 3 heteroatoms. The molecule has 0 saturated carbocycles. The van der Waals surface area contributed by atoms with E-state index in [-0.39, 0.29) is 18.3 Å². The third-order valence-electron chi connectivity index (χ3n) is 2.02. The van der Waals surface area contributed by atoms with Gasteiger partial charge in [-0.2, -0.15) is 0 Å². The van der Waals surface area contributed by atoms with E-state index in [1.54, 1.807) is 0 Å². The smallest absolute Gasteiger partial charge is 0.160 e. The first-order chi connectivity index (χ1) is 7.04. The van der Waals surface area contributed by atoms with Gasteiger partial charge in [0.05, 0.1) is 6.10 Å².